The lowest BCUT2D eigenvalue weighted by atomic mass is 10.0. The molecule has 2 heterocycles. The normalized spacial score (nSPS) is 10.6. The molecule has 2 aromatic heterocycles. The van der Waals surface area contributed by atoms with Crippen molar-refractivity contribution in [3.63, 3.8) is 0 Å². The summed E-state index contributed by atoms with van der Waals surface area (Å²) in [5.74, 6) is -0.686. The molecule has 0 aliphatic carbocycles. The zero-order valence-corrected chi connectivity index (χ0v) is 10.0. The predicted octanol–water partition coefficient (Wildman–Crippen LogP) is 1.77. The van der Waals surface area contributed by atoms with Crippen LogP contribution in [-0.4, -0.2) is 20.9 Å². The number of ether oxygens (including phenoxy) is 1. The Morgan fingerprint density at radius 3 is 2.94 bits per heavy atom. The number of thiophene rings is 1. The number of hydrogen-bond donors (Lipinski definition) is 0. The van der Waals surface area contributed by atoms with E-state index in [4.69, 9.17) is 12.3 Å². The third kappa shape index (κ3) is 2.26. The zero-order chi connectivity index (χ0) is 12.4. The Kier molecular flexibility index (Phi) is 3.33. The maximum absolute atomic E-state index is 11.5. The van der Waals surface area contributed by atoms with E-state index in [-0.39, 0.29) is 5.56 Å². The Hall–Kier alpha value is -1.56. The minimum absolute atomic E-state index is 0.0823. The van der Waals surface area contributed by atoms with E-state index >= 15 is 0 Å². The molecule has 17 heavy (non-hydrogen) atoms. The van der Waals surface area contributed by atoms with Crippen molar-refractivity contribution in [3.8, 4) is 0 Å². The quantitative estimate of drug-likeness (QED) is 0.613. The molecule has 0 aliphatic heterocycles. The maximum atomic E-state index is 11.5. The van der Waals surface area contributed by atoms with E-state index in [0.29, 0.717) is 11.9 Å². The summed E-state index contributed by atoms with van der Waals surface area (Å²) in [7, 11) is 6.67. The fraction of sp³-hybridized carbons (Fsp3) is 0.273. The molecule has 2 radical (unpaired) electrons. The molecule has 0 saturated carbocycles. The van der Waals surface area contributed by atoms with Crippen LogP contribution in [0.4, 0.5) is 0 Å². The summed E-state index contributed by atoms with van der Waals surface area (Å²) < 4.78 is 10.3. The Morgan fingerprint density at radius 2 is 2.29 bits per heavy atom. The van der Waals surface area contributed by atoms with Crippen LogP contribution in [0.1, 0.15) is 15.2 Å². The summed E-state index contributed by atoms with van der Waals surface area (Å²) in [5, 5.41) is 0. The van der Waals surface area contributed by atoms with Gasteiger partial charge >= 0.3 is 11.6 Å². The molecule has 0 atom stereocenters. The van der Waals surface area contributed by atoms with Crippen molar-refractivity contribution in [2.24, 2.45) is 0 Å². The third-order valence-corrected chi connectivity index (χ3v) is 3.39. The lowest BCUT2D eigenvalue weighted by Gasteiger charge is -1.96. The highest BCUT2D eigenvalue weighted by molar-refractivity contribution is 7.19. The number of hydrogen-bond acceptors (Lipinski definition) is 5. The Balaban J connectivity index is 2.55. The molecule has 2 aromatic rings. The molecule has 0 aromatic carbocycles. The van der Waals surface area contributed by atoms with Gasteiger partial charge < -0.3 is 9.15 Å². The van der Waals surface area contributed by atoms with Gasteiger partial charge in [0.1, 0.15) is 11.1 Å². The average Bonchev–Trinajstić information content (AvgIpc) is 2.69. The van der Waals surface area contributed by atoms with E-state index < -0.39 is 11.6 Å². The van der Waals surface area contributed by atoms with Crippen LogP contribution in [0.25, 0.3) is 10.3 Å². The maximum Gasteiger partial charge on any atom is 0.351 e. The third-order valence-electron chi connectivity index (χ3n) is 2.27. The summed E-state index contributed by atoms with van der Waals surface area (Å²) in [4.78, 5) is 23.8. The number of carbonyl (C=O) groups is 1. The van der Waals surface area contributed by atoms with Gasteiger partial charge in [-0.25, -0.2) is 9.59 Å². The van der Waals surface area contributed by atoms with Gasteiger partial charge in [-0.3, -0.25) is 0 Å². The summed E-state index contributed by atoms with van der Waals surface area (Å²) in [5.41, 5.74) is -0.279. The Bertz CT molecular complexity index is 613. The van der Waals surface area contributed by atoms with Gasteiger partial charge in [-0.05, 0) is 18.6 Å². The molecule has 86 valence electrons. The number of aryl methyl sites for hydroxylation is 1. The first-order chi connectivity index (χ1) is 8.15. The molecule has 0 fully saturated rings. The highest BCUT2D eigenvalue weighted by Crippen LogP contribution is 2.26. The summed E-state index contributed by atoms with van der Waals surface area (Å²) in [6.45, 7) is 0. The molecule has 6 heteroatoms. The minimum atomic E-state index is -0.686. The molecule has 0 aliphatic rings. The van der Waals surface area contributed by atoms with Crippen LogP contribution in [0.2, 0.25) is 6.32 Å². The van der Waals surface area contributed by atoms with Gasteiger partial charge in [0.2, 0.25) is 0 Å². The number of esters is 1. The van der Waals surface area contributed by atoms with Gasteiger partial charge in [0.05, 0.1) is 19.7 Å². The molecule has 0 N–H and O–H groups in total. The molecule has 0 saturated heterocycles. The van der Waals surface area contributed by atoms with Crippen LogP contribution in [0.15, 0.2) is 21.3 Å². The smallest absolute Gasteiger partial charge is 0.351 e. The molecule has 2 rings (SSSR count). The minimum Gasteiger partial charge on any atom is -0.465 e. The van der Waals surface area contributed by atoms with Crippen molar-refractivity contribution in [2.45, 2.75) is 12.7 Å². The van der Waals surface area contributed by atoms with Gasteiger partial charge in [-0.15, -0.1) is 11.3 Å². The first kappa shape index (κ1) is 11.9. The Labute approximate surface area is 103 Å². The first-order valence-corrected chi connectivity index (χ1v) is 5.82. The van der Waals surface area contributed by atoms with Gasteiger partial charge in [0, 0.05) is 4.88 Å². The van der Waals surface area contributed by atoms with Crippen LogP contribution < -0.4 is 5.63 Å². The molecule has 4 nitrogen and oxygen atoms in total. The summed E-state index contributed by atoms with van der Waals surface area (Å²) >= 11 is 1.45. The van der Waals surface area contributed by atoms with Gasteiger partial charge in [0.25, 0.3) is 0 Å². The summed E-state index contributed by atoms with van der Waals surface area (Å²) in [6, 6.07) is 3.27. The lowest BCUT2D eigenvalue weighted by molar-refractivity contribution is 0.0596. The fourth-order valence-corrected chi connectivity index (χ4v) is 2.53. The van der Waals surface area contributed by atoms with Gasteiger partial charge in [-0.1, -0.05) is 6.32 Å². The topological polar surface area (TPSA) is 56.5 Å². The van der Waals surface area contributed by atoms with Crippen LogP contribution in [0.5, 0.6) is 0 Å². The van der Waals surface area contributed by atoms with Crippen molar-refractivity contribution in [1.29, 1.82) is 0 Å². The predicted molar refractivity (Wildman–Crippen MR) is 66.0 cm³/mol. The van der Waals surface area contributed by atoms with E-state index in [2.05, 4.69) is 4.74 Å². The van der Waals surface area contributed by atoms with Crippen LogP contribution in [0, 0.1) is 0 Å². The molecule has 0 unspecified atom stereocenters. The average molecular weight is 248 g/mol. The number of fused-ring (bicyclic) bond motifs is 1. The molecule has 0 spiro atoms. The zero-order valence-electron chi connectivity index (χ0n) is 9.19. The highest BCUT2D eigenvalue weighted by atomic mass is 32.1. The van der Waals surface area contributed by atoms with E-state index in [1.807, 2.05) is 0 Å². The van der Waals surface area contributed by atoms with E-state index in [1.54, 1.807) is 6.07 Å². The van der Waals surface area contributed by atoms with Gasteiger partial charge in [-0.2, -0.15) is 0 Å². The van der Waals surface area contributed by atoms with Crippen molar-refractivity contribution in [2.75, 3.05) is 7.11 Å². The van der Waals surface area contributed by atoms with Gasteiger partial charge in [0.15, 0.2) is 0 Å². The number of rotatable bonds is 3. The van der Waals surface area contributed by atoms with Crippen molar-refractivity contribution >= 4 is 35.4 Å². The number of carbonyl (C=O) groups excluding carboxylic acids is 1. The Morgan fingerprint density at radius 1 is 1.53 bits per heavy atom. The second-order valence-corrected chi connectivity index (χ2v) is 4.59. The largest absolute Gasteiger partial charge is 0.465 e. The highest BCUT2D eigenvalue weighted by Gasteiger charge is 2.15. The fourth-order valence-electron chi connectivity index (χ4n) is 1.48. The second kappa shape index (κ2) is 4.75. The second-order valence-electron chi connectivity index (χ2n) is 3.42. The molecular formula is C11H9BO4S. The van der Waals surface area contributed by atoms with E-state index in [1.165, 1.54) is 24.5 Å². The SMILES string of the molecule is [B]CCc1cc2oc(=O)c(C(=O)OC)cc2s1. The van der Waals surface area contributed by atoms with E-state index in [0.717, 1.165) is 16.0 Å². The molecular weight excluding hydrogens is 239 g/mol. The monoisotopic (exact) mass is 248 g/mol. The van der Waals surface area contributed by atoms with Crippen LogP contribution >= 0.6 is 11.3 Å². The van der Waals surface area contributed by atoms with Crippen LogP contribution in [-0.2, 0) is 11.2 Å². The van der Waals surface area contributed by atoms with E-state index in [9.17, 15) is 9.59 Å². The summed E-state index contributed by atoms with van der Waals surface area (Å²) in [6.07, 6.45) is 1.25. The lowest BCUT2D eigenvalue weighted by Crippen LogP contribution is -2.14. The standard InChI is InChI=1S/C11H9BO4S/c1-15-10(13)7-5-9-8(16-11(7)14)4-6(17-9)2-3-12/h4-5H,2-3H2,1H3. The first-order valence-electron chi connectivity index (χ1n) is 5.00. The molecule has 0 bridgehead atoms. The van der Waals surface area contributed by atoms with Crippen molar-refractivity contribution in [1.82, 2.24) is 0 Å². The van der Waals surface area contributed by atoms with Crippen LogP contribution in [0.3, 0.4) is 0 Å². The van der Waals surface area contributed by atoms with Crippen molar-refractivity contribution < 1.29 is 13.9 Å². The number of methoxy groups -OCH3 is 1. The molecule has 0 amide bonds. The van der Waals surface area contributed by atoms with Crippen molar-refractivity contribution in [3.05, 3.63) is 33.0 Å².